The number of hydrogen-bond acceptors (Lipinski definition) is 5. The van der Waals surface area contributed by atoms with Gasteiger partial charge in [0, 0.05) is 5.39 Å². The highest BCUT2D eigenvalue weighted by atomic mass is 35.5. The molecule has 140 valence electrons. The van der Waals surface area contributed by atoms with E-state index in [0.717, 1.165) is 23.6 Å². The molecule has 1 aromatic heterocycles. The second kappa shape index (κ2) is 8.37. The third-order valence-electron chi connectivity index (χ3n) is 4.22. The number of thioether (sulfide) groups is 1. The predicted molar refractivity (Wildman–Crippen MR) is 113 cm³/mol. The molecule has 0 radical (unpaired) electrons. The molecule has 1 saturated heterocycles. The maximum atomic E-state index is 12.8. The quantitative estimate of drug-likeness (QED) is 0.538. The zero-order valence-corrected chi connectivity index (χ0v) is 16.9. The zero-order valence-electron chi connectivity index (χ0n) is 14.5. The number of halogens is 1. The van der Waals surface area contributed by atoms with Gasteiger partial charge in [-0.1, -0.05) is 73.5 Å². The maximum Gasteiger partial charge on any atom is 0.326 e. The molecule has 1 aliphatic rings. The summed E-state index contributed by atoms with van der Waals surface area (Å²) in [6.45, 7) is 1.97. The van der Waals surface area contributed by atoms with Gasteiger partial charge in [-0.2, -0.15) is 0 Å². The number of carboxylic acids is 1. The molecule has 8 heteroatoms. The van der Waals surface area contributed by atoms with Crippen LogP contribution in [0.3, 0.4) is 0 Å². The first-order valence-corrected chi connectivity index (χ1v) is 10.1. The van der Waals surface area contributed by atoms with Crippen LogP contribution in [-0.2, 0) is 9.59 Å². The van der Waals surface area contributed by atoms with Crippen LogP contribution in [0, 0.1) is 0 Å². The summed E-state index contributed by atoms with van der Waals surface area (Å²) in [5.74, 6) is -1.44. The molecule has 0 saturated carbocycles. The maximum absolute atomic E-state index is 12.8. The Bertz CT molecular complexity index is 961. The molecule has 1 amide bonds. The Labute approximate surface area is 171 Å². The molecule has 5 nitrogen and oxygen atoms in total. The fraction of sp³-hybridized carbons (Fsp3) is 0.263. The number of para-hydroxylation sites is 1. The molecular weight excluding hydrogens is 404 g/mol. The Balaban J connectivity index is 1.92. The van der Waals surface area contributed by atoms with Crippen LogP contribution in [0.4, 0.5) is 0 Å². The SMILES string of the molecule is CCCCC(C(=O)O)N1C(=O)/C(=C\c2ccc3cccc(Cl)c3n2)SC1=S. The summed E-state index contributed by atoms with van der Waals surface area (Å²) in [5, 5.41) is 10.9. The van der Waals surface area contributed by atoms with Gasteiger partial charge in [-0.05, 0) is 24.6 Å². The van der Waals surface area contributed by atoms with Crippen molar-refractivity contribution in [3.8, 4) is 0 Å². The number of thiocarbonyl (C=S) groups is 1. The second-order valence-corrected chi connectivity index (χ2v) is 8.18. The lowest BCUT2D eigenvalue weighted by Gasteiger charge is -2.22. The summed E-state index contributed by atoms with van der Waals surface area (Å²) in [6, 6.07) is 8.23. The third kappa shape index (κ3) is 4.15. The van der Waals surface area contributed by atoms with Gasteiger partial charge in [0.25, 0.3) is 5.91 Å². The molecular formula is C19H17ClN2O3S2. The fourth-order valence-electron chi connectivity index (χ4n) is 2.85. The van der Waals surface area contributed by atoms with Crippen molar-refractivity contribution in [2.75, 3.05) is 0 Å². The average molecular weight is 421 g/mol. The van der Waals surface area contributed by atoms with Gasteiger partial charge in [-0.3, -0.25) is 9.69 Å². The van der Waals surface area contributed by atoms with Crippen molar-refractivity contribution in [2.45, 2.75) is 32.2 Å². The van der Waals surface area contributed by atoms with Crippen LogP contribution in [-0.4, -0.2) is 37.2 Å². The summed E-state index contributed by atoms with van der Waals surface area (Å²) in [5.41, 5.74) is 1.21. The Morgan fingerprint density at radius 1 is 1.41 bits per heavy atom. The van der Waals surface area contributed by atoms with Gasteiger partial charge >= 0.3 is 5.97 Å². The van der Waals surface area contributed by atoms with Crippen molar-refractivity contribution in [1.82, 2.24) is 9.88 Å². The van der Waals surface area contributed by atoms with Crippen LogP contribution in [0.25, 0.3) is 17.0 Å². The number of fused-ring (bicyclic) bond motifs is 1. The number of carbonyl (C=O) groups excluding carboxylic acids is 1. The molecule has 0 bridgehead atoms. The highest BCUT2D eigenvalue weighted by molar-refractivity contribution is 8.26. The van der Waals surface area contributed by atoms with Gasteiger partial charge in [-0.15, -0.1) is 0 Å². The van der Waals surface area contributed by atoms with Crippen LogP contribution in [0.2, 0.25) is 5.02 Å². The van der Waals surface area contributed by atoms with Crippen LogP contribution >= 0.6 is 35.6 Å². The minimum absolute atomic E-state index is 0.258. The summed E-state index contributed by atoms with van der Waals surface area (Å²) in [7, 11) is 0. The lowest BCUT2D eigenvalue weighted by molar-refractivity contribution is -0.145. The van der Waals surface area contributed by atoms with Crippen molar-refractivity contribution < 1.29 is 14.7 Å². The number of unbranched alkanes of at least 4 members (excludes halogenated alkanes) is 1. The van der Waals surface area contributed by atoms with Gasteiger partial charge in [0.2, 0.25) is 0 Å². The van der Waals surface area contributed by atoms with E-state index in [9.17, 15) is 14.7 Å². The number of aromatic nitrogens is 1. The largest absolute Gasteiger partial charge is 0.480 e. The normalized spacial score (nSPS) is 17.1. The molecule has 2 aromatic rings. The minimum atomic E-state index is -1.04. The van der Waals surface area contributed by atoms with Gasteiger partial charge in [0.05, 0.1) is 21.1 Å². The van der Waals surface area contributed by atoms with E-state index in [0.29, 0.717) is 34.0 Å². The van der Waals surface area contributed by atoms with Gasteiger partial charge in [0.15, 0.2) is 0 Å². The Morgan fingerprint density at radius 3 is 2.89 bits per heavy atom. The van der Waals surface area contributed by atoms with Crippen molar-refractivity contribution in [2.24, 2.45) is 0 Å². The number of benzene rings is 1. The third-order valence-corrected chi connectivity index (χ3v) is 5.86. The van der Waals surface area contributed by atoms with E-state index < -0.39 is 17.9 Å². The van der Waals surface area contributed by atoms with E-state index in [4.69, 9.17) is 23.8 Å². The van der Waals surface area contributed by atoms with E-state index in [1.165, 1.54) is 4.90 Å². The number of rotatable bonds is 6. The summed E-state index contributed by atoms with van der Waals surface area (Å²) < 4.78 is 0.258. The zero-order chi connectivity index (χ0) is 19.6. The molecule has 1 aromatic carbocycles. The molecule has 0 spiro atoms. The monoisotopic (exact) mass is 420 g/mol. The fourth-order valence-corrected chi connectivity index (χ4v) is 4.42. The lowest BCUT2D eigenvalue weighted by atomic mass is 10.1. The van der Waals surface area contributed by atoms with Crippen molar-refractivity contribution in [1.29, 1.82) is 0 Å². The molecule has 1 fully saturated rings. The smallest absolute Gasteiger partial charge is 0.326 e. The number of nitrogens with zero attached hydrogens (tertiary/aromatic N) is 2. The number of aliphatic carboxylic acids is 1. The number of carboxylic acid groups (broad SMARTS) is 1. The first kappa shape index (κ1) is 19.8. The van der Waals surface area contributed by atoms with Crippen LogP contribution < -0.4 is 0 Å². The van der Waals surface area contributed by atoms with E-state index in [2.05, 4.69) is 4.98 Å². The average Bonchev–Trinajstić information content (AvgIpc) is 2.90. The highest BCUT2D eigenvalue weighted by Gasteiger charge is 2.40. The lowest BCUT2D eigenvalue weighted by Crippen LogP contribution is -2.43. The van der Waals surface area contributed by atoms with E-state index in [1.54, 1.807) is 18.2 Å². The molecule has 1 aliphatic heterocycles. The molecule has 2 heterocycles. The van der Waals surface area contributed by atoms with Crippen molar-refractivity contribution in [3.63, 3.8) is 0 Å². The van der Waals surface area contributed by atoms with Crippen molar-refractivity contribution in [3.05, 3.63) is 46.0 Å². The van der Waals surface area contributed by atoms with Crippen molar-refractivity contribution >= 4 is 68.8 Å². The van der Waals surface area contributed by atoms with E-state index in [-0.39, 0.29) is 4.32 Å². The first-order valence-electron chi connectivity index (χ1n) is 8.47. The van der Waals surface area contributed by atoms with Gasteiger partial charge in [-0.25, -0.2) is 9.78 Å². The topological polar surface area (TPSA) is 70.5 Å². The molecule has 1 atom stereocenters. The predicted octanol–water partition coefficient (Wildman–Crippen LogP) is 4.73. The highest BCUT2D eigenvalue weighted by Crippen LogP contribution is 2.35. The number of amides is 1. The van der Waals surface area contributed by atoms with Gasteiger partial charge < -0.3 is 5.11 Å². The summed E-state index contributed by atoms with van der Waals surface area (Å²) in [4.78, 5) is 30.5. The first-order chi connectivity index (χ1) is 12.9. The molecule has 1 N–H and O–H groups in total. The Morgan fingerprint density at radius 2 is 2.19 bits per heavy atom. The number of hydrogen-bond donors (Lipinski definition) is 1. The molecule has 1 unspecified atom stereocenters. The number of pyridine rings is 1. The Kier molecular flexibility index (Phi) is 6.14. The van der Waals surface area contributed by atoms with E-state index in [1.807, 2.05) is 25.1 Å². The second-order valence-electron chi connectivity index (χ2n) is 6.10. The van der Waals surface area contributed by atoms with E-state index >= 15 is 0 Å². The standard InChI is InChI=1S/C19H17ClN2O3S2/c1-2-3-7-14(18(24)25)22-17(23)15(27-19(22)26)10-12-9-8-11-5-4-6-13(20)16(11)21-12/h4-6,8-10,14H,2-3,7H2,1H3,(H,24,25)/b15-10+. The minimum Gasteiger partial charge on any atom is -0.480 e. The summed E-state index contributed by atoms with van der Waals surface area (Å²) >= 11 is 12.6. The van der Waals surface area contributed by atoms with Crippen LogP contribution in [0.5, 0.6) is 0 Å². The van der Waals surface area contributed by atoms with Crippen LogP contribution in [0.15, 0.2) is 35.2 Å². The molecule has 3 rings (SSSR count). The van der Waals surface area contributed by atoms with Gasteiger partial charge in [0.1, 0.15) is 10.4 Å². The van der Waals surface area contributed by atoms with Crippen LogP contribution in [0.1, 0.15) is 31.9 Å². The summed E-state index contributed by atoms with van der Waals surface area (Å²) in [6.07, 6.45) is 3.55. The Hall–Kier alpha value is -1.96. The number of carbonyl (C=O) groups is 2. The molecule has 27 heavy (non-hydrogen) atoms. The molecule has 0 aliphatic carbocycles.